The molecule has 0 atom stereocenters. The quantitative estimate of drug-likeness (QED) is 0.722. The van der Waals surface area contributed by atoms with Gasteiger partial charge in [-0.3, -0.25) is 0 Å². The molecule has 1 aromatic heterocycles. The predicted molar refractivity (Wildman–Crippen MR) is 72.5 cm³/mol. The fraction of sp³-hybridized carbons (Fsp3) is 0.0714. The lowest BCUT2D eigenvalue weighted by Crippen LogP contribution is -1.87. The van der Waals surface area contributed by atoms with Crippen LogP contribution in [0.2, 0.25) is 0 Å². The molecule has 3 aromatic rings. The first kappa shape index (κ1) is 10.7. The number of nitrogen functional groups attached to an aromatic ring is 1. The molecule has 4 nitrogen and oxygen atoms in total. The molecule has 0 saturated carbocycles. The van der Waals surface area contributed by atoms with Crippen molar-refractivity contribution in [3.8, 4) is 16.9 Å². The molecule has 2 aromatic carbocycles. The number of hydrogen-bond donors (Lipinski definition) is 2. The zero-order valence-electron chi connectivity index (χ0n) is 9.97. The molecule has 0 bridgehead atoms. The maximum Gasteiger partial charge on any atom is 0.198 e. The molecule has 0 aliphatic carbocycles. The molecule has 3 N–H and O–H groups in total. The number of para-hydroxylation sites is 1. The van der Waals surface area contributed by atoms with Crippen LogP contribution in [0.3, 0.4) is 0 Å². The molecule has 0 fully saturated rings. The monoisotopic (exact) mass is 239 g/mol. The lowest BCUT2D eigenvalue weighted by molar-refractivity contribution is 0.416. The van der Waals surface area contributed by atoms with Crippen LogP contribution in [0.4, 0.5) is 5.95 Å². The van der Waals surface area contributed by atoms with Gasteiger partial charge in [-0.25, -0.2) is 4.98 Å². The summed E-state index contributed by atoms with van der Waals surface area (Å²) < 4.78 is 5.36. The number of benzene rings is 2. The fourth-order valence-corrected chi connectivity index (χ4v) is 2.08. The van der Waals surface area contributed by atoms with E-state index in [1.165, 1.54) is 0 Å². The third-order valence-electron chi connectivity index (χ3n) is 2.92. The first-order valence-electron chi connectivity index (χ1n) is 5.66. The summed E-state index contributed by atoms with van der Waals surface area (Å²) in [5.74, 6) is 1.28. The van der Waals surface area contributed by atoms with Crippen molar-refractivity contribution >= 4 is 17.0 Å². The average molecular weight is 239 g/mol. The minimum absolute atomic E-state index is 0.433. The zero-order chi connectivity index (χ0) is 12.5. The van der Waals surface area contributed by atoms with E-state index in [1.54, 1.807) is 7.11 Å². The molecule has 0 spiro atoms. The Hall–Kier alpha value is -2.49. The SMILES string of the molecule is COc1ccccc1-c1ccc2[nH]c(N)nc2c1. The first-order valence-corrected chi connectivity index (χ1v) is 5.66. The summed E-state index contributed by atoms with van der Waals surface area (Å²) in [6.45, 7) is 0. The van der Waals surface area contributed by atoms with Crippen LogP contribution in [0.25, 0.3) is 22.2 Å². The highest BCUT2D eigenvalue weighted by Crippen LogP contribution is 2.31. The molecule has 0 unspecified atom stereocenters. The third-order valence-corrected chi connectivity index (χ3v) is 2.92. The number of fused-ring (bicyclic) bond motifs is 1. The van der Waals surface area contributed by atoms with Gasteiger partial charge in [-0.1, -0.05) is 24.3 Å². The molecule has 90 valence electrons. The van der Waals surface area contributed by atoms with Crippen molar-refractivity contribution in [3.63, 3.8) is 0 Å². The minimum atomic E-state index is 0.433. The highest BCUT2D eigenvalue weighted by molar-refractivity contribution is 5.84. The second kappa shape index (κ2) is 4.07. The summed E-state index contributed by atoms with van der Waals surface area (Å²) in [6, 6.07) is 13.9. The molecule has 1 heterocycles. The number of hydrogen-bond acceptors (Lipinski definition) is 3. The third kappa shape index (κ3) is 1.68. The van der Waals surface area contributed by atoms with Crippen molar-refractivity contribution in [3.05, 3.63) is 42.5 Å². The Bertz CT molecular complexity index is 703. The van der Waals surface area contributed by atoms with Crippen LogP contribution < -0.4 is 10.5 Å². The van der Waals surface area contributed by atoms with E-state index in [9.17, 15) is 0 Å². The number of ether oxygens (including phenoxy) is 1. The van der Waals surface area contributed by atoms with E-state index < -0.39 is 0 Å². The summed E-state index contributed by atoms with van der Waals surface area (Å²) >= 11 is 0. The van der Waals surface area contributed by atoms with Gasteiger partial charge in [0, 0.05) is 5.56 Å². The number of imidazole rings is 1. The Morgan fingerprint density at radius 3 is 2.83 bits per heavy atom. The van der Waals surface area contributed by atoms with Gasteiger partial charge in [0.2, 0.25) is 0 Å². The van der Waals surface area contributed by atoms with Gasteiger partial charge >= 0.3 is 0 Å². The van der Waals surface area contributed by atoms with E-state index in [0.717, 1.165) is 27.9 Å². The van der Waals surface area contributed by atoms with Gasteiger partial charge in [0.25, 0.3) is 0 Å². The van der Waals surface area contributed by atoms with Gasteiger partial charge in [-0.05, 0) is 23.8 Å². The Kier molecular flexibility index (Phi) is 2.41. The van der Waals surface area contributed by atoms with Crippen LogP contribution in [0.5, 0.6) is 5.75 Å². The number of H-pyrrole nitrogens is 1. The molecule has 3 rings (SSSR count). The van der Waals surface area contributed by atoms with Crippen molar-refractivity contribution in [1.82, 2.24) is 9.97 Å². The largest absolute Gasteiger partial charge is 0.496 e. The van der Waals surface area contributed by atoms with Crippen LogP contribution >= 0.6 is 0 Å². The predicted octanol–water partition coefficient (Wildman–Crippen LogP) is 2.82. The van der Waals surface area contributed by atoms with E-state index in [4.69, 9.17) is 10.5 Å². The summed E-state index contributed by atoms with van der Waals surface area (Å²) in [7, 11) is 1.67. The van der Waals surface area contributed by atoms with Crippen molar-refractivity contribution in [2.75, 3.05) is 12.8 Å². The molecule has 0 aliphatic heterocycles. The summed E-state index contributed by atoms with van der Waals surface area (Å²) in [5, 5.41) is 0. The molecular formula is C14H13N3O. The maximum absolute atomic E-state index is 5.64. The first-order chi connectivity index (χ1) is 8.78. The Balaban J connectivity index is 2.18. The van der Waals surface area contributed by atoms with E-state index in [1.807, 2.05) is 42.5 Å². The number of nitrogens with zero attached hydrogens (tertiary/aromatic N) is 1. The number of aromatic amines is 1. The standard InChI is InChI=1S/C14H13N3O/c1-18-13-5-3-2-4-10(13)9-6-7-11-12(8-9)17-14(15)16-11/h2-8H,1H3,(H3,15,16,17). The molecule has 0 saturated heterocycles. The van der Waals surface area contributed by atoms with Gasteiger partial charge < -0.3 is 15.5 Å². The molecule has 0 radical (unpaired) electrons. The van der Waals surface area contributed by atoms with Crippen molar-refractivity contribution in [2.24, 2.45) is 0 Å². The Morgan fingerprint density at radius 1 is 1.17 bits per heavy atom. The Morgan fingerprint density at radius 2 is 2.00 bits per heavy atom. The second-order valence-electron chi connectivity index (χ2n) is 4.05. The molecule has 0 amide bonds. The average Bonchev–Trinajstić information content (AvgIpc) is 2.77. The van der Waals surface area contributed by atoms with Crippen molar-refractivity contribution < 1.29 is 4.74 Å². The summed E-state index contributed by atoms with van der Waals surface area (Å²) in [5.41, 5.74) is 9.54. The number of nitrogens with two attached hydrogens (primary N) is 1. The molecule has 0 aliphatic rings. The van der Waals surface area contributed by atoms with Gasteiger partial charge in [-0.15, -0.1) is 0 Å². The lowest BCUT2D eigenvalue weighted by atomic mass is 10.0. The highest BCUT2D eigenvalue weighted by atomic mass is 16.5. The summed E-state index contributed by atoms with van der Waals surface area (Å²) in [4.78, 5) is 7.24. The van der Waals surface area contributed by atoms with Crippen LogP contribution in [0.15, 0.2) is 42.5 Å². The maximum atomic E-state index is 5.64. The van der Waals surface area contributed by atoms with Crippen molar-refractivity contribution in [2.45, 2.75) is 0 Å². The van der Waals surface area contributed by atoms with Gasteiger partial charge in [0.15, 0.2) is 5.95 Å². The number of anilines is 1. The summed E-state index contributed by atoms with van der Waals surface area (Å²) in [6.07, 6.45) is 0. The molecular weight excluding hydrogens is 226 g/mol. The number of rotatable bonds is 2. The minimum Gasteiger partial charge on any atom is -0.496 e. The number of methoxy groups -OCH3 is 1. The topological polar surface area (TPSA) is 63.9 Å². The van der Waals surface area contributed by atoms with Crippen LogP contribution in [0, 0.1) is 0 Å². The van der Waals surface area contributed by atoms with E-state index in [-0.39, 0.29) is 0 Å². The van der Waals surface area contributed by atoms with E-state index in [2.05, 4.69) is 9.97 Å². The molecule has 18 heavy (non-hydrogen) atoms. The van der Waals surface area contributed by atoms with Crippen LogP contribution in [-0.4, -0.2) is 17.1 Å². The van der Waals surface area contributed by atoms with E-state index >= 15 is 0 Å². The smallest absolute Gasteiger partial charge is 0.198 e. The van der Waals surface area contributed by atoms with Crippen LogP contribution in [0.1, 0.15) is 0 Å². The second-order valence-corrected chi connectivity index (χ2v) is 4.05. The normalized spacial score (nSPS) is 10.7. The van der Waals surface area contributed by atoms with Gasteiger partial charge in [-0.2, -0.15) is 0 Å². The van der Waals surface area contributed by atoms with Crippen LogP contribution in [-0.2, 0) is 0 Å². The van der Waals surface area contributed by atoms with Gasteiger partial charge in [0.05, 0.1) is 18.1 Å². The fourth-order valence-electron chi connectivity index (χ4n) is 2.08. The van der Waals surface area contributed by atoms with Gasteiger partial charge in [0.1, 0.15) is 5.75 Å². The molecule has 4 heteroatoms. The van der Waals surface area contributed by atoms with E-state index in [0.29, 0.717) is 5.95 Å². The highest BCUT2D eigenvalue weighted by Gasteiger charge is 2.07. The lowest BCUT2D eigenvalue weighted by Gasteiger charge is -2.07. The zero-order valence-corrected chi connectivity index (χ0v) is 9.97. The van der Waals surface area contributed by atoms with Crippen molar-refractivity contribution in [1.29, 1.82) is 0 Å². The number of nitrogens with one attached hydrogen (secondary N) is 1. The number of aromatic nitrogens is 2. The Labute approximate surface area is 104 Å².